The molecule has 1 amide bonds. The lowest BCUT2D eigenvalue weighted by Crippen LogP contribution is -2.22. The fraction of sp³-hybridized carbons (Fsp3) is 0.136. The Morgan fingerprint density at radius 3 is 2.16 bits per heavy atom. The van der Waals surface area contributed by atoms with Gasteiger partial charge in [-0.2, -0.15) is 0 Å². The number of carbonyl (C=O) groups excluding carboxylic acids is 1. The summed E-state index contributed by atoms with van der Waals surface area (Å²) in [5, 5.41) is 2.97. The molecule has 3 aromatic carbocycles. The van der Waals surface area contributed by atoms with Crippen LogP contribution in [0.25, 0.3) is 0 Å². The smallest absolute Gasteiger partial charge is 0.251 e. The van der Waals surface area contributed by atoms with Gasteiger partial charge in [-0.05, 0) is 42.3 Å². The van der Waals surface area contributed by atoms with Crippen LogP contribution in [-0.2, 0) is 12.3 Å². The quantitative estimate of drug-likeness (QED) is 0.620. The maximum absolute atomic E-state index is 12.3. The third-order valence-electron chi connectivity index (χ3n) is 3.94. The van der Waals surface area contributed by atoms with Gasteiger partial charge in [-0.25, -0.2) is 0 Å². The standard InChI is InChI=1S/C22H21NOS/c1-17-7-9-18(10-8-17)15-23-22(24)20-13-11-19(12-14-20)16-25-21-5-3-2-4-6-21/h2-14H,15-16H2,1H3,(H,23,24). The van der Waals surface area contributed by atoms with Crippen LogP contribution in [0.3, 0.4) is 0 Å². The highest BCUT2D eigenvalue weighted by Crippen LogP contribution is 2.22. The number of nitrogens with one attached hydrogen (secondary N) is 1. The van der Waals surface area contributed by atoms with Crippen molar-refractivity contribution in [3.63, 3.8) is 0 Å². The Morgan fingerprint density at radius 2 is 1.48 bits per heavy atom. The van der Waals surface area contributed by atoms with Crippen molar-refractivity contribution < 1.29 is 4.79 Å². The minimum atomic E-state index is -0.0390. The van der Waals surface area contributed by atoms with Crippen molar-refractivity contribution in [1.82, 2.24) is 5.32 Å². The fourth-order valence-corrected chi connectivity index (χ4v) is 3.30. The average Bonchev–Trinajstić information content (AvgIpc) is 2.67. The Bertz CT molecular complexity index is 811. The number of amides is 1. The molecule has 0 bridgehead atoms. The van der Waals surface area contributed by atoms with E-state index in [9.17, 15) is 4.79 Å². The van der Waals surface area contributed by atoms with E-state index < -0.39 is 0 Å². The Kier molecular flexibility index (Phi) is 5.91. The molecule has 0 fully saturated rings. The first-order valence-electron chi connectivity index (χ1n) is 8.31. The maximum atomic E-state index is 12.3. The second-order valence-electron chi connectivity index (χ2n) is 5.97. The second kappa shape index (κ2) is 8.54. The first-order chi connectivity index (χ1) is 12.2. The fourth-order valence-electron chi connectivity index (χ4n) is 2.43. The zero-order valence-electron chi connectivity index (χ0n) is 14.2. The molecular weight excluding hydrogens is 326 g/mol. The predicted molar refractivity (Wildman–Crippen MR) is 105 cm³/mol. The lowest BCUT2D eigenvalue weighted by molar-refractivity contribution is 0.0951. The van der Waals surface area contributed by atoms with E-state index in [0.29, 0.717) is 12.1 Å². The van der Waals surface area contributed by atoms with Crippen LogP contribution >= 0.6 is 11.8 Å². The summed E-state index contributed by atoms with van der Waals surface area (Å²) >= 11 is 1.80. The van der Waals surface area contributed by atoms with Crippen molar-refractivity contribution in [2.24, 2.45) is 0 Å². The monoisotopic (exact) mass is 347 g/mol. The molecule has 3 aromatic rings. The number of benzene rings is 3. The number of carbonyl (C=O) groups is 1. The molecule has 1 N–H and O–H groups in total. The van der Waals surface area contributed by atoms with E-state index in [4.69, 9.17) is 0 Å². The summed E-state index contributed by atoms with van der Waals surface area (Å²) in [5.74, 6) is 0.859. The minimum Gasteiger partial charge on any atom is -0.348 e. The number of aryl methyl sites for hydroxylation is 1. The summed E-state index contributed by atoms with van der Waals surface area (Å²) in [4.78, 5) is 13.5. The molecule has 0 radical (unpaired) electrons. The van der Waals surface area contributed by atoms with E-state index in [0.717, 1.165) is 11.3 Å². The van der Waals surface area contributed by atoms with Gasteiger partial charge in [-0.3, -0.25) is 4.79 Å². The van der Waals surface area contributed by atoms with Gasteiger partial charge in [-0.1, -0.05) is 60.2 Å². The van der Waals surface area contributed by atoms with E-state index in [2.05, 4.69) is 36.5 Å². The molecule has 3 heteroatoms. The number of rotatable bonds is 6. The normalized spacial score (nSPS) is 10.4. The van der Waals surface area contributed by atoms with E-state index in [1.165, 1.54) is 16.0 Å². The molecular formula is C22H21NOS. The lowest BCUT2D eigenvalue weighted by atomic mass is 10.1. The van der Waals surface area contributed by atoms with Gasteiger partial charge in [0.25, 0.3) is 5.91 Å². The van der Waals surface area contributed by atoms with Crippen LogP contribution in [0.2, 0.25) is 0 Å². The molecule has 0 aliphatic carbocycles. The van der Waals surface area contributed by atoms with Crippen molar-refractivity contribution in [2.45, 2.75) is 24.1 Å². The minimum absolute atomic E-state index is 0.0390. The zero-order valence-corrected chi connectivity index (χ0v) is 15.1. The average molecular weight is 347 g/mol. The van der Waals surface area contributed by atoms with Crippen LogP contribution < -0.4 is 5.32 Å². The lowest BCUT2D eigenvalue weighted by Gasteiger charge is -2.07. The molecule has 0 aliphatic heterocycles. The molecule has 0 saturated carbocycles. The van der Waals surface area contributed by atoms with E-state index in [1.807, 2.05) is 54.6 Å². The number of thioether (sulfide) groups is 1. The molecule has 2 nitrogen and oxygen atoms in total. The Labute approximate surface area is 153 Å². The number of hydrogen-bond acceptors (Lipinski definition) is 2. The molecule has 0 spiro atoms. The summed E-state index contributed by atoms with van der Waals surface area (Å²) in [6, 6.07) is 26.4. The molecule has 0 saturated heterocycles. The molecule has 0 atom stereocenters. The van der Waals surface area contributed by atoms with Gasteiger partial charge in [0.2, 0.25) is 0 Å². The molecule has 0 unspecified atom stereocenters. The van der Waals surface area contributed by atoms with Crippen molar-refractivity contribution in [3.05, 3.63) is 101 Å². The predicted octanol–water partition coefficient (Wildman–Crippen LogP) is 5.22. The molecule has 0 aromatic heterocycles. The van der Waals surface area contributed by atoms with Crippen molar-refractivity contribution in [2.75, 3.05) is 0 Å². The Balaban J connectivity index is 1.52. The Morgan fingerprint density at radius 1 is 0.840 bits per heavy atom. The third-order valence-corrected chi connectivity index (χ3v) is 5.02. The third kappa shape index (κ3) is 5.23. The molecule has 3 rings (SSSR count). The Hall–Kier alpha value is -2.52. The van der Waals surface area contributed by atoms with Crippen LogP contribution in [0.4, 0.5) is 0 Å². The van der Waals surface area contributed by atoms with Gasteiger partial charge in [-0.15, -0.1) is 11.8 Å². The highest BCUT2D eigenvalue weighted by atomic mass is 32.2. The SMILES string of the molecule is Cc1ccc(CNC(=O)c2ccc(CSc3ccccc3)cc2)cc1. The van der Waals surface area contributed by atoms with Crippen LogP contribution in [0, 0.1) is 6.92 Å². The molecule has 0 heterocycles. The van der Waals surface area contributed by atoms with Gasteiger partial charge in [0.1, 0.15) is 0 Å². The highest BCUT2D eigenvalue weighted by molar-refractivity contribution is 7.98. The summed E-state index contributed by atoms with van der Waals surface area (Å²) in [5.41, 5.74) is 4.23. The van der Waals surface area contributed by atoms with Gasteiger partial charge in [0.15, 0.2) is 0 Å². The van der Waals surface area contributed by atoms with Crippen LogP contribution in [0.15, 0.2) is 83.8 Å². The van der Waals surface area contributed by atoms with Crippen molar-refractivity contribution >= 4 is 17.7 Å². The second-order valence-corrected chi connectivity index (χ2v) is 7.02. The van der Waals surface area contributed by atoms with Gasteiger partial charge in [0.05, 0.1) is 0 Å². The summed E-state index contributed by atoms with van der Waals surface area (Å²) in [6.45, 7) is 2.60. The first-order valence-corrected chi connectivity index (χ1v) is 9.30. The topological polar surface area (TPSA) is 29.1 Å². The van der Waals surface area contributed by atoms with Gasteiger partial charge >= 0.3 is 0 Å². The molecule has 126 valence electrons. The largest absolute Gasteiger partial charge is 0.348 e. The van der Waals surface area contributed by atoms with E-state index in [-0.39, 0.29) is 5.91 Å². The first kappa shape index (κ1) is 17.3. The molecule has 0 aliphatic rings. The number of hydrogen-bond donors (Lipinski definition) is 1. The van der Waals surface area contributed by atoms with Crippen molar-refractivity contribution in [3.8, 4) is 0 Å². The highest BCUT2D eigenvalue weighted by Gasteiger charge is 2.05. The maximum Gasteiger partial charge on any atom is 0.251 e. The van der Waals surface area contributed by atoms with E-state index in [1.54, 1.807) is 11.8 Å². The molecule has 25 heavy (non-hydrogen) atoms. The van der Waals surface area contributed by atoms with Crippen LogP contribution in [0.5, 0.6) is 0 Å². The summed E-state index contributed by atoms with van der Waals surface area (Å²) < 4.78 is 0. The summed E-state index contributed by atoms with van der Waals surface area (Å²) in [6.07, 6.45) is 0. The van der Waals surface area contributed by atoms with Crippen LogP contribution in [-0.4, -0.2) is 5.91 Å². The summed E-state index contributed by atoms with van der Waals surface area (Å²) in [7, 11) is 0. The van der Waals surface area contributed by atoms with Gasteiger partial charge in [0, 0.05) is 22.8 Å². The van der Waals surface area contributed by atoms with Crippen LogP contribution in [0.1, 0.15) is 27.0 Å². The van der Waals surface area contributed by atoms with Gasteiger partial charge < -0.3 is 5.32 Å². The zero-order chi connectivity index (χ0) is 17.5. The van der Waals surface area contributed by atoms with Crippen molar-refractivity contribution in [1.29, 1.82) is 0 Å². The van der Waals surface area contributed by atoms with E-state index >= 15 is 0 Å².